The molecule has 1 fully saturated rings. The summed E-state index contributed by atoms with van der Waals surface area (Å²) in [6.45, 7) is 0.302. The van der Waals surface area contributed by atoms with E-state index in [2.05, 4.69) is 0 Å². The summed E-state index contributed by atoms with van der Waals surface area (Å²) >= 11 is 6.32. The zero-order valence-corrected chi connectivity index (χ0v) is 12.6. The molecule has 1 aliphatic rings. The Morgan fingerprint density at radius 1 is 1.42 bits per heavy atom. The molecule has 2 rings (SSSR count). The van der Waals surface area contributed by atoms with Crippen molar-refractivity contribution in [3.05, 3.63) is 20.5 Å². The van der Waals surface area contributed by atoms with E-state index in [1.54, 1.807) is 0 Å². The predicted octanol–water partition coefficient (Wildman–Crippen LogP) is 1.06. The Hall–Kier alpha value is -0.550. The van der Waals surface area contributed by atoms with Crippen molar-refractivity contribution < 1.29 is 17.6 Å². The van der Waals surface area contributed by atoms with Crippen molar-refractivity contribution in [2.45, 2.75) is 4.21 Å². The first kappa shape index (κ1) is 14.9. The van der Waals surface area contributed by atoms with Gasteiger partial charge < -0.3 is 0 Å². The van der Waals surface area contributed by atoms with E-state index in [4.69, 9.17) is 11.6 Å². The number of nitro groups is 1. The molecule has 11 heteroatoms. The largest absolute Gasteiger partial charge is 0.300 e. The molecule has 0 bridgehead atoms. The van der Waals surface area contributed by atoms with Gasteiger partial charge in [-0.05, 0) is 0 Å². The minimum atomic E-state index is -3.79. The van der Waals surface area contributed by atoms with Crippen LogP contribution in [0, 0.1) is 10.1 Å². The molecule has 7 nitrogen and oxygen atoms in total. The van der Waals surface area contributed by atoms with E-state index in [0.717, 1.165) is 6.07 Å². The molecule has 0 unspecified atom stereocenters. The van der Waals surface area contributed by atoms with Crippen LogP contribution in [0.1, 0.15) is 0 Å². The highest BCUT2D eigenvalue weighted by molar-refractivity contribution is 7.91. The first-order valence-corrected chi connectivity index (χ1v) is 9.23. The Bertz CT molecular complexity index is 631. The van der Waals surface area contributed by atoms with Crippen molar-refractivity contribution in [2.75, 3.05) is 24.6 Å². The second-order valence-electron chi connectivity index (χ2n) is 3.73. The molecule has 106 valence electrons. The topological polar surface area (TPSA) is 97.6 Å². The lowest BCUT2D eigenvalue weighted by molar-refractivity contribution is -0.384. The van der Waals surface area contributed by atoms with Crippen LogP contribution in [-0.2, 0) is 20.8 Å². The van der Waals surface area contributed by atoms with Crippen LogP contribution in [0.4, 0.5) is 5.69 Å². The molecule has 1 saturated heterocycles. The molecule has 0 spiro atoms. The van der Waals surface area contributed by atoms with Crippen LogP contribution in [0.3, 0.4) is 0 Å². The predicted molar refractivity (Wildman–Crippen MR) is 72.6 cm³/mol. The summed E-state index contributed by atoms with van der Waals surface area (Å²) < 4.78 is 36.5. The lowest BCUT2D eigenvalue weighted by Crippen LogP contribution is -2.41. The Labute approximate surface area is 120 Å². The third kappa shape index (κ3) is 2.97. The molecule has 0 atom stereocenters. The zero-order valence-electron chi connectivity index (χ0n) is 9.44. The van der Waals surface area contributed by atoms with Crippen LogP contribution in [0.25, 0.3) is 0 Å². The van der Waals surface area contributed by atoms with Crippen LogP contribution in [0.5, 0.6) is 0 Å². The van der Waals surface area contributed by atoms with E-state index in [0.29, 0.717) is 11.3 Å². The van der Waals surface area contributed by atoms with Crippen molar-refractivity contribution in [3.8, 4) is 0 Å². The fourth-order valence-electron chi connectivity index (χ4n) is 1.58. The van der Waals surface area contributed by atoms with Crippen molar-refractivity contribution >= 4 is 49.4 Å². The minimum Gasteiger partial charge on any atom is -0.259 e. The average Bonchev–Trinajstić information content (AvgIpc) is 2.72. The van der Waals surface area contributed by atoms with E-state index in [1.807, 2.05) is 0 Å². The summed E-state index contributed by atoms with van der Waals surface area (Å²) in [6.07, 6.45) is 0. The Morgan fingerprint density at radius 3 is 2.47 bits per heavy atom. The number of thiophene rings is 1. The third-order valence-corrected chi connectivity index (χ3v) is 7.54. The van der Waals surface area contributed by atoms with Gasteiger partial charge in [-0.2, -0.15) is 4.31 Å². The van der Waals surface area contributed by atoms with Crippen LogP contribution < -0.4 is 0 Å². The first-order chi connectivity index (χ1) is 8.82. The Morgan fingerprint density at radius 2 is 2.00 bits per heavy atom. The summed E-state index contributed by atoms with van der Waals surface area (Å²) in [4.78, 5) is 9.94. The zero-order chi connectivity index (χ0) is 14.2. The molecule has 0 aromatic carbocycles. The molecule has 0 amide bonds. The maximum Gasteiger partial charge on any atom is 0.300 e. The van der Waals surface area contributed by atoms with Crippen molar-refractivity contribution in [1.82, 2.24) is 4.31 Å². The summed E-state index contributed by atoms with van der Waals surface area (Å²) in [6, 6.07) is 0.966. The second kappa shape index (κ2) is 5.44. The van der Waals surface area contributed by atoms with Crippen molar-refractivity contribution in [1.29, 1.82) is 0 Å². The fourth-order valence-corrected chi connectivity index (χ4v) is 6.12. The molecule has 0 aliphatic carbocycles. The summed E-state index contributed by atoms with van der Waals surface area (Å²) in [5.41, 5.74) is -0.411. The van der Waals surface area contributed by atoms with Crippen LogP contribution in [-0.4, -0.2) is 46.5 Å². The lowest BCUT2D eigenvalue weighted by atomic mass is 10.6. The molecular weight excluding hydrogens is 336 g/mol. The Kier molecular flexibility index (Phi) is 4.26. The molecule has 0 N–H and O–H groups in total. The third-order valence-electron chi connectivity index (χ3n) is 2.57. The van der Waals surface area contributed by atoms with Gasteiger partial charge in [-0.1, -0.05) is 11.6 Å². The SMILES string of the molecule is O=[N+]([O-])c1cc(S(=O)(=O)N2CCS(=O)CC2)sc1Cl. The molecule has 1 aromatic rings. The minimum absolute atomic E-state index is 0.151. The normalized spacial score (nSPS) is 18.6. The summed E-state index contributed by atoms with van der Waals surface area (Å²) in [5, 5.41) is 10.7. The molecule has 19 heavy (non-hydrogen) atoms. The number of rotatable bonds is 3. The highest BCUT2D eigenvalue weighted by Gasteiger charge is 2.32. The van der Waals surface area contributed by atoms with Gasteiger partial charge >= 0.3 is 0 Å². The molecule has 0 saturated carbocycles. The van der Waals surface area contributed by atoms with Gasteiger partial charge in [0.25, 0.3) is 15.7 Å². The average molecular weight is 345 g/mol. The van der Waals surface area contributed by atoms with Gasteiger partial charge in [-0.3, -0.25) is 14.3 Å². The van der Waals surface area contributed by atoms with Gasteiger partial charge in [0.05, 0.1) is 4.92 Å². The smallest absolute Gasteiger partial charge is 0.259 e. The Balaban J connectivity index is 2.32. The van der Waals surface area contributed by atoms with Gasteiger partial charge in [0, 0.05) is 41.5 Å². The van der Waals surface area contributed by atoms with Crippen molar-refractivity contribution in [2.24, 2.45) is 0 Å². The van der Waals surface area contributed by atoms with E-state index >= 15 is 0 Å². The highest BCUT2D eigenvalue weighted by Crippen LogP contribution is 2.37. The molecule has 1 aliphatic heterocycles. The van der Waals surface area contributed by atoms with E-state index in [-0.39, 0.29) is 33.1 Å². The van der Waals surface area contributed by atoms with Gasteiger partial charge in [-0.15, -0.1) is 11.3 Å². The number of halogens is 1. The van der Waals surface area contributed by atoms with Crippen LogP contribution in [0.15, 0.2) is 10.3 Å². The van der Waals surface area contributed by atoms with Crippen LogP contribution >= 0.6 is 22.9 Å². The highest BCUT2D eigenvalue weighted by atomic mass is 35.5. The monoisotopic (exact) mass is 344 g/mol. The van der Waals surface area contributed by atoms with E-state index in [1.165, 1.54) is 4.31 Å². The number of hydrogen-bond acceptors (Lipinski definition) is 6. The van der Waals surface area contributed by atoms with E-state index in [9.17, 15) is 22.7 Å². The number of nitrogens with zero attached hydrogens (tertiary/aromatic N) is 2. The first-order valence-electron chi connectivity index (χ1n) is 5.11. The van der Waals surface area contributed by atoms with Gasteiger partial charge in [0.2, 0.25) is 0 Å². The molecule has 1 aromatic heterocycles. The maximum atomic E-state index is 12.2. The second-order valence-corrected chi connectivity index (χ2v) is 9.25. The molecule has 0 radical (unpaired) electrons. The number of sulfonamides is 1. The van der Waals surface area contributed by atoms with Gasteiger partial charge in [-0.25, -0.2) is 8.42 Å². The standard InChI is InChI=1S/C8H9ClN2O5S3/c9-8-6(11(12)13)5-7(17-8)19(15,16)10-1-3-18(14)4-2-10/h5H,1-4H2. The van der Waals surface area contributed by atoms with E-state index < -0.39 is 31.4 Å². The van der Waals surface area contributed by atoms with Gasteiger partial charge in [0.15, 0.2) is 4.34 Å². The van der Waals surface area contributed by atoms with Gasteiger partial charge in [0.1, 0.15) is 4.21 Å². The fraction of sp³-hybridized carbons (Fsp3) is 0.500. The number of hydrogen-bond donors (Lipinski definition) is 0. The maximum absolute atomic E-state index is 12.2. The summed E-state index contributed by atoms with van der Waals surface area (Å²) in [7, 11) is -4.79. The quantitative estimate of drug-likeness (QED) is 0.603. The molecular formula is C8H9ClN2O5S3. The molecule has 2 heterocycles. The lowest BCUT2D eigenvalue weighted by Gasteiger charge is -2.24. The van der Waals surface area contributed by atoms with Crippen LogP contribution in [0.2, 0.25) is 4.34 Å². The van der Waals surface area contributed by atoms with Crippen molar-refractivity contribution in [3.63, 3.8) is 0 Å². The summed E-state index contributed by atoms with van der Waals surface area (Å²) in [5.74, 6) is 0.556.